The van der Waals surface area contributed by atoms with Gasteiger partial charge in [-0.05, 0) is 35.6 Å². The lowest BCUT2D eigenvalue weighted by Crippen LogP contribution is -2.37. The van der Waals surface area contributed by atoms with Crippen molar-refractivity contribution in [3.8, 4) is 11.1 Å². The third kappa shape index (κ3) is 3.86. The highest BCUT2D eigenvalue weighted by atomic mass is 35.5. The third-order valence-corrected chi connectivity index (χ3v) is 5.33. The molecule has 1 unspecified atom stereocenters. The van der Waals surface area contributed by atoms with E-state index in [1.54, 1.807) is 12.4 Å². The molecule has 1 atom stereocenters. The molecule has 1 heterocycles. The molecule has 2 aromatic carbocycles. The van der Waals surface area contributed by atoms with Crippen molar-refractivity contribution in [2.24, 2.45) is 5.92 Å². The maximum absolute atomic E-state index is 12.6. The first-order valence-corrected chi connectivity index (χ1v) is 9.52. The number of amides is 1. The average Bonchev–Trinajstić information content (AvgIpc) is 2.66. The predicted molar refractivity (Wildman–Crippen MR) is 106 cm³/mol. The van der Waals surface area contributed by atoms with Gasteiger partial charge in [-0.25, -0.2) is 4.98 Å². The number of halogens is 1. The van der Waals surface area contributed by atoms with Gasteiger partial charge >= 0.3 is 0 Å². The summed E-state index contributed by atoms with van der Waals surface area (Å²) in [5, 5.41) is 3.45. The Balaban J connectivity index is 1.72. The van der Waals surface area contributed by atoms with Crippen molar-refractivity contribution in [2.45, 2.75) is 25.3 Å². The number of nitrogens with zero attached hydrogens (tertiary/aromatic N) is 2. The van der Waals surface area contributed by atoms with Crippen LogP contribution in [0.3, 0.4) is 0 Å². The summed E-state index contributed by atoms with van der Waals surface area (Å²) in [6.07, 6.45) is 6.15. The molecule has 1 saturated carbocycles. The number of carbonyl (C=O) groups is 1. The van der Waals surface area contributed by atoms with Crippen molar-refractivity contribution in [1.82, 2.24) is 15.3 Å². The normalized spacial score (nSPS) is 15.0. The molecule has 4 nitrogen and oxygen atoms in total. The predicted octanol–water partition coefficient (Wildman–Crippen LogP) is 4.80. The molecule has 1 aromatic heterocycles. The molecule has 27 heavy (non-hydrogen) atoms. The van der Waals surface area contributed by atoms with Gasteiger partial charge in [0.15, 0.2) is 5.15 Å². The molecule has 1 fully saturated rings. The van der Waals surface area contributed by atoms with Gasteiger partial charge in [0.2, 0.25) is 5.91 Å². The van der Waals surface area contributed by atoms with Gasteiger partial charge in [-0.15, -0.1) is 0 Å². The molecule has 1 amide bonds. The van der Waals surface area contributed by atoms with Crippen molar-refractivity contribution in [3.05, 3.63) is 83.4 Å². The van der Waals surface area contributed by atoms with Crippen LogP contribution in [0.1, 0.15) is 36.6 Å². The van der Waals surface area contributed by atoms with Crippen molar-refractivity contribution in [1.29, 1.82) is 0 Å². The second-order valence-electron chi connectivity index (χ2n) is 6.79. The Morgan fingerprint density at radius 3 is 2.44 bits per heavy atom. The molecule has 1 aliphatic rings. The van der Waals surface area contributed by atoms with E-state index < -0.39 is 6.04 Å². The molecule has 0 radical (unpaired) electrons. The molecule has 0 aliphatic heterocycles. The van der Waals surface area contributed by atoms with E-state index >= 15 is 0 Å². The SMILES string of the molecule is O=C(NC(c1cccc(-c2ccccc2)c1)c1nccnc1Cl)C1CCC1. The van der Waals surface area contributed by atoms with E-state index in [4.69, 9.17) is 11.6 Å². The second-order valence-corrected chi connectivity index (χ2v) is 7.15. The zero-order chi connectivity index (χ0) is 18.6. The fraction of sp³-hybridized carbons (Fsp3) is 0.227. The quantitative estimate of drug-likeness (QED) is 0.694. The summed E-state index contributed by atoms with van der Waals surface area (Å²) in [7, 11) is 0. The minimum absolute atomic E-state index is 0.0538. The molecule has 136 valence electrons. The van der Waals surface area contributed by atoms with E-state index in [2.05, 4.69) is 39.6 Å². The number of hydrogen-bond donors (Lipinski definition) is 1. The molecule has 0 saturated heterocycles. The van der Waals surface area contributed by atoms with Gasteiger partial charge in [-0.2, -0.15) is 0 Å². The van der Waals surface area contributed by atoms with Gasteiger partial charge in [0.1, 0.15) is 5.69 Å². The van der Waals surface area contributed by atoms with E-state index in [1.807, 2.05) is 30.3 Å². The molecular formula is C22H20ClN3O. The maximum Gasteiger partial charge on any atom is 0.223 e. The largest absolute Gasteiger partial charge is 0.343 e. The molecule has 3 aromatic rings. The van der Waals surface area contributed by atoms with Crippen LogP contribution in [0.2, 0.25) is 5.15 Å². The van der Waals surface area contributed by atoms with E-state index in [-0.39, 0.29) is 11.8 Å². The maximum atomic E-state index is 12.6. The molecule has 1 aliphatic carbocycles. The number of benzene rings is 2. The van der Waals surface area contributed by atoms with Crippen molar-refractivity contribution >= 4 is 17.5 Å². The first-order valence-electron chi connectivity index (χ1n) is 9.14. The topological polar surface area (TPSA) is 54.9 Å². The minimum atomic E-state index is -0.428. The molecule has 1 N–H and O–H groups in total. The minimum Gasteiger partial charge on any atom is -0.343 e. The molecule has 5 heteroatoms. The highest BCUT2D eigenvalue weighted by Crippen LogP contribution is 2.31. The van der Waals surface area contributed by atoms with Crippen LogP contribution in [-0.2, 0) is 4.79 Å². The van der Waals surface area contributed by atoms with Gasteiger partial charge in [-0.1, -0.05) is 66.6 Å². The first-order chi connectivity index (χ1) is 13.2. The van der Waals surface area contributed by atoms with Crippen LogP contribution >= 0.6 is 11.6 Å². The van der Waals surface area contributed by atoms with Crippen molar-refractivity contribution in [3.63, 3.8) is 0 Å². The summed E-state index contributed by atoms with van der Waals surface area (Å²) in [6.45, 7) is 0. The standard InChI is InChI=1S/C22H20ClN3O/c23-21-20(24-12-13-25-21)19(26-22(27)16-8-4-9-16)18-11-5-10-17(14-18)15-6-2-1-3-7-15/h1-3,5-7,10-14,16,19H,4,8-9H2,(H,26,27). The first kappa shape index (κ1) is 17.7. The Labute approximate surface area is 163 Å². The van der Waals surface area contributed by atoms with Crippen LogP contribution in [0.15, 0.2) is 67.0 Å². The summed E-state index contributed by atoms with van der Waals surface area (Å²) < 4.78 is 0. The van der Waals surface area contributed by atoms with Crippen LogP contribution in [0.4, 0.5) is 0 Å². The number of nitrogens with one attached hydrogen (secondary N) is 1. The lowest BCUT2D eigenvalue weighted by atomic mass is 9.84. The lowest BCUT2D eigenvalue weighted by molar-refractivity contribution is -0.127. The Kier molecular flexibility index (Phi) is 5.16. The van der Waals surface area contributed by atoms with Crippen LogP contribution in [-0.4, -0.2) is 15.9 Å². The number of hydrogen-bond acceptors (Lipinski definition) is 3. The second kappa shape index (κ2) is 7.89. The Morgan fingerprint density at radius 2 is 1.74 bits per heavy atom. The zero-order valence-electron chi connectivity index (χ0n) is 14.8. The van der Waals surface area contributed by atoms with Gasteiger partial charge < -0.3 is 5.32 Å². The summed E-state index contributed by atoms with van der Waals surface area (Å²) in [4.78, 5) is 21.2. The number of aromatic nitrogens is 2. The lowest BCUT2D eigenvalue weighted by Gasteiger charge is -2.27. The van der Waals surface area contributed by atoms with Crippen molar-refractivity contribution < 1.29 is 4.79 Å². The third-order valence-electron chi connectivity index (χ3n) is 5.04. The van der Waals surface area contributed by atoms with Crippen LogP contribution in [0.25, 0.3) is 11.1 Å². The summed E-state index contributed by atoms with van der Waals surface area (Å²) >= 11 is 6.31. The van der Waals surface area contributed by atoms with Crippen LogP contribution in [0.5, 0.6) is 0 Å². The fourth-order valence-corrected chi connectivity index (χ4v) is 3.51. The Morgan fingerprint density at radius 1 is 1.00 bits per heavy atom. The Hall–Kier alpha value is -2.72. The van der Waals surface area contributed by atoms with Gasteiger partial charge in [0.25, 0.3) is 0 Å². The fourth-order valence-electron chi connectivity index (χ4n) is 3.29. The average molecular weight is 378 g/mol. The van der Waals surface area contributed by atoms with Gasteiger partial charge in [-0.3, -0.25) is 9.78 Å². The summed E-state index contributed by atoms with van der Waals surface area (Å²) in [5.41, 5.74) is 3.70. The smallest absolute Gasteiger partial charge is 0.223 e. The zero-order valence-corrected chi connectivity index (χ0v) is 15.6. The highest BCUT2D eigenvalue weighted by Gasteiger charge is 2.29. The highest BCUT2D eigenvalue weighted by molar-refractivity contribution is 6.30. The number of carbonyl (C=O) groups excluding carboxylic acids is 1. The molecule has 0 bridgehead atoms. The van der Waals surface area contributed by atoms with E-state index in [9.17, 15) is 4.79 Å². The van der Waals surface area contributed by atoms with E-state index in [1.165, 1.54) is 0 Å². The number of rotatable bonds is 5. The summed E-state index contributed by atoms with van der Waals surface area (Å²) in [5.74, 6) is 0.137. The van der Waals surface area contributed by atoms with Crippen molar-refractivity contribution in [2.75, 3.05) is 0 Å². The van der Waals surface area contributed by atoms with E-state index in [0.717, 1.165) is 36.0 Å². The van der Waals surface area contributed by atoms with Gasteiger partial charge in [0, 0.05) is 18.3 Å². The van der Waals surface area contributed by atoms with Gasteiger partial charge in [0.05, 0.1) is 6.04 Å². The Bertz CT molecular complexity index is 941. The van der Waals surface area contributed by atoms with Crippen LogP contribution < -0.4 is 5.32 Å². The summed E-state index contributed by atoms with van der Waals surface area (Å²) in [6, 6.07) is 17.8. The van der Waals surface area contributed by atoms with E-state index in [0.29, 0.717) is 10.8 Å². The molecule has 0 spiro atoms. The molecular weight excluding hydrogens is 358 g/mol. The molecule has 4 rings (SSSR count). The van der Waals surface area contributed by atoms with Crippen LogP contribution in [0, 0.1) is 5.92 Å². The monoisotopic (exact) mass is 377 g/mol.